The highest BCUT2D eigenvalue weighted by Crippen LogP contribution is 2.02. The van der Waals surface area contributed by atoms with Gasteiger partial charge in [-0.25, -0.2) is 14.4 Å². The maximum atomic E-state index is 11.9. The van der Waals surface area contributed by atoms with Crippen molar-refractivity contribution in [3.8, 4) is 0 Å². The molecule has 0 rings (SSSR count). The molecule has 0 bridgehead atoms. The van der Waals surface area contributed by atoms with Gasteiger partial charge in [0.15, 0.2) is 0 Å². The molecule has 186 valence electrons. The van der Waals surface area contributed by atoms with E-state index in [1.54, 1.807) is 13.8 Å². The lowest BCUT2D eigenvalue weighted by atomic mass is 10.2. The summed E-state index contributed by atoms with van der Waals surface area (Å²) in [6, 6.07) is -0.799. The highest BCUT2D eigenvalue weighted by Gasteiger charge is 2.22. The Kier molecular flexibility index (Phi) is 14.4. The molecule has 0 spiro atoms. The van der Waals surface area contributed by atoms with Gasteiger partial charge in [-0.3, -0.25) is 9.59 Å². The number of carbonyl (C=O) groups is 5. The van der Waals surface area contributed by atoms with Gasteiger partial charge < -0.3 is 34.5 Å². The summed E-state index contributed by atoms with van der Waals surface area (Å²) >= 11 is 0. The van der Waals surface area contributed by atoms with Crippen molar-refractivity contribution in [2.75, 3.05) is 46.6 Å². The second-order valence-corrected chi connectivity index (χ2v) is 7.10. The molecule has 3 amide bonds. The van der Waals surface area contributed by atoms with Crippen molar-refractivity contribution in [2.45, 2.75) is 26.8 Å². The predicted molar refractivity (Wildman–Crippen MR) is 117 cm³/mol. The molecule has 0 fully saturated rings. The Morgan fingerprint density at radius 1 is 0.909 bits per heavy atom. The van der Waals surface area contributed by atoms with Crippen LogP contribution in [-0.2, 0) is 33.3 Å². The SMILES string of the molecule is C=CC(=O)N(C)C(COC(=O)NCCOC(=O)C(=C)C)COC(=O)NCCOC(=O)C(C)C. The van der Waals surface area contributed by atoms with Crippen molar-refractivity contribution in [1.29, 1.82) is 0 Å². The van der Waals surface area contributed by atoms with Gasteiger partial charge in [0.1, 0.15) is 32.5 Å². The molecule has 0 saturated heterocycles. The van der Waals surface area contributed by atoms with Crippen molar-refractivity contribution in [2.24, 2.45) is 5.92 Å². The van der Waals surface area contributed by atoms with Crippen LogP contribution >= 0.6 is 0 Å². The molecule has 0 aromatic heterocycles. The molecule has 1 unspecified atom stereocenters. The quantitative estimate of drug-likeness (QED) is 0.162. The van der Waals surface area contributed by atoms with Crippen molar-refractivity contribution in [3.63, 3.8) is 0 Å². The van der Waals surface area contributed by atoms with Crippen LogP contribution in [0.4, 0.5) is 9.59 Å². The van der Waals surface area contributed by atoms with E-state index in [4.69, 9.17) is 18.9 Å². The average molecular weight is 472 g/mol. The van der Waals surface area contributed by atoms with E-state index in [2.05, 4.69) is 23.8 Å². The summed E-state index contributed by atoms with van der Waals surface area (Å²) in [7, 11) is 1.43. The van der Waals surface area contributed by atoms with Crippen LogP contribution in [0, 0.1) is 5.92 Å². The average Bonchev–Trinajstić information content (AvgIpc) is 2.77. The molecule has 0 aliphatic rings. The van der Waals surface area contributed by atoms with Gasteiger partial charge in [-0.1, -0.05) is 27.0 Å². The zero-order chi connectivity index (χ0) is 25.4. The van der Waals surface area contributed by atoms with Gasteiger partial charge in [-0.15, -0.1) is 0 Å². The van der Waals surface area contributed by atoms with E-state index in [0.29, 0.717) is 0 Å². The molecule has 0 aliphatic carbocycles. The minimum Gasteiger partial charge on any atom is -0.464 e. The van der Waals surface area contributed by atoms with Crippen LogP contribution in [0.2, 0.25) is 0 Å². The molecule has 0 aliphatic heterocycles. The fourth-order valence-corrected chi connectivity index (χ4v) is 1.93. The molecule has 0 radical (unpaired) electrons. The molecule has 2 N–H and O–H groups in total. The summed E-state index contributed by atoms with van der Waals surface area (Å²) < 4.78 is 19.9. The second kappa shape index (κ2) is 16.1. The van der Waals surface area contributed by atoms with Crippen LogP contribution in [0.25, 0.3) is 0 Å². The fraction of sp³-hybridized carbons (Fsp3) is 0.571. The maximum absolute atomic E-state index is 11.9. The number of alkyl carbamates (subject to hydrolysis) is 2. The van der Waals surface area contributed by atoms with Crippen LogP contribution in [0.3, 0.4) is 0 Å². The zero-order valence-electron chi connectivity index (χ0n) is 19.5. The van der Waals surface area contributed by atoms with Gasteiger partial charge in [0.25, 0.3) is 0 Å². The molecular weight excluding hydrogens is 438 g/mol. The zero-order valence-corrected chi connectivity index (χ0v) is 19.5. The number of likely N-dealkylation sites (N-methyl/N-ethyl adjacent to an activating group) is 1. The molecule has 12 nitrogen and oxygen atoms in total. The Morgan fingerprint density at radius 2 is 1.39 bits per heavy atom. The number of ether oxygens (including phenoxy) is 4. The highest BCUT2D eigenvalue weighted by atomic mass is 16.6. The van der Waals surface area contributed by atoms with Crippen molar-refractivity contribution >= 4 is 30.0 Å². The third-order valence-electron chi connectivity index (χ3n) is 3.92. The number of rotatable bonds is 14. The lowest BCUT2D eigenvalue weighted by Gasteiger charge is -2.26. The first kappa shape index (κ1) is 29.4. The van der Waals surface area contributed by atoms with E-state index in [-0.39, 0.29) is 57.0 Å². The fourth-order valence-electron chi connectivity index (χ4n) is 1.93. The molecule has 0 saturated carbocycles. The van der Waals surface area contributed by atoms with Crippen LogP contribution in [0.1, 0.15) is 20.8 Å². The van der Waals surface area contributed by atoms with Crippen molar-refractivity contribution in [3.05, 3.63) is 24.8 Å². The Bertz CT molecular complexity index is 722. The van der Waals surface area contributed by atoms with Crippen LogP contribution in [0.5, 0.6) is 0 Å². The number of amides is 3. The van der Waals surface area contributed by atoms with E-state index in [9.17, 15) is 24.0 Å². The van der Waals surface area contributed by atoms with E-state index >= 15 is 0 Å². The summed E-state index contributed by atoms with van der Waals surface area (Å²) in [6.45, 7) is 11.1. The summed E-state index contributed by atoms with van der Waals surface area (Å²) in [4.78, 5) is 59.4. The van der Waals surface area contributed by atoms with Crippen LogP contribution < -0.4 is 10.6 Å². The Labute approximate surface area is 193 Å². The highest BCUT2D eigenvalue weighted by molar-refractivity contribution is 5.87. The first-order valence-electron chi connectivity index (χ1n) is 10.2. The summed E-state index contributed by atoms with van der Waals surface area (Å²) in [5, 5.41) is 4.78. The van der Waals surface area contributed by atoms with E-state index in [1.165, 1.54) is 18.9 Å². The number of carbonyl (C=O) groups excluding carboxylic acids is 5. The predicted octanol–water partition coefficient (Wildman–Crippen LogP) is 0.770. The minimum absolute atomic E-state index is 0.00420. The first-order chi connectivity index (χ1) is 15.5. The molecule has 0 aromatic rings. The van der Waals surface area contributed by atoms with Crippen LogP contribution in [0.15, 0.2) is 24.8 Å². The number of esters is 2. The monoisotopic (exact) mass is 471 g/mol. The van der Waals surface area contributed by atoms with Gasteiger partial charge in [0, 0.05) is 12.6 Å². The second-order valence-electron chi connectivity index (χ2n) is 7.10. The molecule has 0 aromatic carbocycles. The van der Waals surface area contributed by atoms with E-state index in [1.807, 2.05) is 0 Å². The van der Waals surface area contributed by atoms with Crippen molar-refractivity contribution < 1.29 is 42.9 Å². The summed E-state index contributed by atoms with van der Waals surface area (Å²) in [5.41, 5.74) is 0.232. The van der Waals surface area contributed by atoms with Gasteiger partial charge in [-0.05, 0) is 13.0 Å². The number of hydrogen-bond donors (Lipinski definition) is 2. The normalized spacial score (nSPS) is 10.9. The largest absolute Gasteiger partial charge is 0.464 e. The molecular formula is C21H33N3O9. The van der Waals surface area contributed by atoms with E-state index < -0.39 is 30.1 Å². The van der Waals surface area contributed by atoms with Gasteiger partial charge in [0.2, 0.25) is 5.91 Å². The van der Waals surface area contributed by atoms with Gasteiger partial charge in [0.05, 0.1) is 19.0 Å². The third kappa shape index (κ3) is 13.4. The third-order valence-corrected chi connectivity index (χ3v) is 3.92. The maximum Gasteiger partial charge on any atom is 0.407 e. The minimum atomic E-state index is -0.817. The summed E-state index contributed by atoms with van der Waals surface area (Å²) in [5.74, 6) is -1.72. The molecule has 0 heterocycles. The first-order valence-corrected chi connectivity index (χ1v) is 10.2. The smallest absolute Gasteiger partial charge is 0.407 e. The Hall–Kier alpha value is -3.57. The topological polar surface area (TPSA) is 150 Å². The number of nitrogens with zero attached hydrogens (tertiary/aromatic N) is 1. The lowest BCUT2D eigenvalue weighted by Crippen LogP contribution is -2.45. The molecule has 1 atom stereocenters. The Morgan fingerprint density at radius 3 is 1.82 bits per heavy atom. The standard InChI is InChI=1S/C21H33N3O9/c1-7-17(25)24(6)16(12-32-20(28)22-8-10-30-18(26)14(2)3)13-33-21(29)23-9-11-31-19(27)15(4)5/h7,15-16H,1-2,8-13H2,3-6H3,(H,22,28)(H,23,29). The van der Waals surface area contributed by atoms with E-state index in [0.717, 1.165) is 6.08 Å². The van der Waals surface area contributed by atoms with Crippen molar-refractivity contribution in [1.82, 2.24) is 15.5 Å². The van der Waals surface area contributed by atoms with Gasteiger partial charge >= 0.3 is 24.1 Å². The van der Waals surface area contributed by atoms with Gasteiger partial charge in [-0.2, -0.15) is 0 Å². The number of hydrogen-bond acceptors (Lipinski definition) is 9. The molecule has 33 heavy (non-hydrogen) atoms. The Balaban J connectivity index is 4.48. The molecule has 12 heteroatoms. The summed E-state index contributed by atoms with van der Waals surface area (Å²) in [6.07, 6.45) is -0.558. The van der Waals surface area contributed by atoms with Crippen LogP contribution in [-0.4, -0.2) is 87.5 Å². The lowest BCUT2D eigenvalue weighted by molar-refractivity contribution is -0.147. The number of nitrogens with one attached hydrogen (secondary N) is 2.